The highest BCUT2D eigenvalue weighted by Crippen LogP contribution is 2.29. The number of hydrogen-bond donors (Lipinski definition) is 1. The molecule has 2 heteroatoms. The second-order valence-electron chi connectivity index (χ2n) is 5.60. The maximum absolute atomic E-state index is 5.48. The zero-order chi connectivity index (χ0) is 11.9. The van der Waals surface area contributed by atoms with Crippen LogP contribution in [0.3, 0.4) is 0 Å². The van der Waals surface area contributed by atoms with Crippen molar-refractivity contribution in [3.05, 3.63) is 11.8 Å². The van der Waals surface area contributed by atoms with Crippen molar-refractivity contribution < 1.29 is 4.74 Å². The van der Waals surface area contributed by atoms with Crippen molar-refractivity contribution in [2.45, 2.75) is 63.8 Å². The molecule has 0 aromatic rings. The Balaban J connectivity index is 1.86. The fourth-order valence-corrected chi connectivity index (χ4v) is 3.23. The fraction of sp³-hybridized carbons (Fsp3) is 0.867. The Bertz CT molecular complexity index is 241. The average molecular weight is 237 g/mol. The summed E-state index contributed by atoms with van der Waals surface area (Å²) in [6.45, 7) is 0.906. The molecule has 0 aromatic heterocycles. The summed E-state index contributed by atoms with van der Waals surface area (Å²) in [6.07, 6.45) is 14.4. The van der Waals surface area contributed by atoms with Gasteiger partial charge in [0.2, 0.25) is 0 Å². The van der Waals surface area contributed by atoms with E-state index in [4.69, 9.17) is 4.74 Å². The predicted octanol–water partition coefficient (Wildman–Crippen LogP) is 3.63. The lowest BCUT2D eigenvalue weighted by Crippen LogP contribution is -2.31. The van der Waals surface area contributed by atoms with Crippen LogP contribution in [0.1, 0.15) is 57.8 Å². The number of ether oxygens (including phenoxy) is 1. The molecule has 1 aliphatic heterocycles. The van der Waals surface area contributed by atoms with Crippen LogP contribution in [-0.4, -0.2) is 19.7 Å². The number of rotatable bonds is 4. The van der Waals surface area contributed by atoms with Crippen LogP contribution in [0.5, 0.6) is 0 Å². The number of hydrogen-bond acceptors (Lipinski definition) is 2. The molecule has 0 saturated heterocycles. The summed E-state index contributed by atoms with van der Waals surface area (Å²) in [6, 6.07) is 0.554. The van der Waals surface area contributed by atoms with Crippen LogP contribution in [0.25, 0.3) is 0 Å². The summed E-state index contributed by atoms with van der Waals surface area (Å²) < 4.78 is 5.48. The molecule has 2 aliphatic rings. The predicted molar refractivity (Wildman–Crippen MR) is 71.9 cm³/mol. The third-order valence-corrected chi connectivity index (χ3v) is 4.30. The highest BCUT2D eigenvalue weighted by Gasteiger charge is 2.21. The van der Waals surface area contributed by atoms with Crippen LogP contribution in [0.2, 0.25) is 0 Å². The van der Waals surface area contributed by atoms with Gasteiger partial charge in [-0.15, -0.1) is 0 Å². The second-order valence-corrected chi connectivity index (χ2v) is 5.60. The summed E-state index contributed by atoms with van der Waals surface area (Å²) in [4.78, 5) is 0. The Morgan fingerprint density at radius 2 is 2.00 bits per heavy atom. The lowest BCUT2D eigenvalue weighted by atomic mass is 9.88. The molecule has 0 bridgehead atoms. The molecule has 2 rings (SSSR count). The highest BCUT2D eigenvalue weighted by atomic mass is 16.5. The minimum atomic E-state index is 0.554. The largest absolute Gasteiger partial charge is 0.501 e. The van der Waals surface area contributed by atoms with Crippen LogP contribution < -0.4 is 5.32 Å². The van der Waals surface area contributed by atoms with Crippen molar-refractivity contribution in [2.24, 2.45) is 5.92 Å². The standard InChI is InChI=1S/C15H27NO/c1-16-15(14-9-6-10-17-12-14)11-13-7-4-2-3-5-8-13/h12-13,15-16H,2-11H2,1H3. The van der Waals surface area contributed by atoms with Gasteiger partial charge < -0.3 is 10.1 Å². The molecule has 0 amide bonds. The van der Waals surface area contributed by atoms with Crippen molar-refractivity contribution in [2.75, 3.05) is 13.7 Å². The van der Waals surface area contributed by atoms with E-state index in [9.17, 15) is 0 Å². The molecule has 1 N–H and O–H groups in total. The van der Waals surface area contributed by atoms with E-state index in [0.717, 1.165) is 12.5 Å². The Hall–Kier alpha value is -0.500. The van der Waals surface area contributed by atoms with E-state index in [1.54, 1.807) is 0 Å². The average Bonchev–Trinajstić information content (AvgIpc) is 2.65. The first kappa shape index (κ1) is 12.9. The lowest BCUT2D eigenvalue weighted by molar-refractivity contribution is 0.217. The Kier molecular flexibility index (Phi) is 5.37. The monoisotopic (exact) mass is 237 g/mol. The first-order chi connectivity index (χ1) is 8.40. The van der Waals surface area contributed by atoms with Gasteiger partial charge in [-0.25, -0.2) is 0 Å². The smallest absolute Gasteiger partial charge is 0.0876 e. The molecule has 98 valence electrons. The third kappa shape index (κ3) is 4.02. The van der Waals surface area contributed by atoms with Gasteiger partial charge in [-0.1, -0.05) is 38.5 Å². The highest BCUT2D eigenvalue weighted by molar-refractivity contribution is 5.10. The van der Waals surface area contributed by atoms with Gasteiger partial charge >= 0.3 is 0 Å². The molecule has 0 spiro atoms. The topological polar surface area (TPSA) is 21.3 Å². The van der Waals surface area contributed by atoms with Crippen molar-refractivity contribution in [1.29, 1.82) is 0 Å². The van der Waals surface area contributed by atoms with Gasteiger partial charge in [0.05, 0.1) is 12.9 Å². The van der Waals surface area contributed by atoms with E-state index in [2.05, 4.69) is 12.4 Å². The minimum Gasteiger partial charge on any atom is -0.501 e. The van der Waals surface area contributed by atoms with Crippen molar-refractivity contribution in [1.82, 2.24) is 5.32 Å². The van der Waals surface area contributed by atoms with Gasteiger partial charge in [-0.05, 0) is 37.8 Å². The fourth-order valence-electron chi connectivity index (χ4n) is 3.23. The number of nitrogens with one attached hydrogen (secondary N) is 1. The Labute approximate surface area is 106 Å². The van der Waals surface area contributed by atoms with Crippen LogP contribution in [0, 0.1) is 5.92 Å². The molecular formula is C15H27NO. The second kappa shape index (κ2) is 7.05. The molecule has 17 heavy (non-hydrogen) atoms. The molecule has 2 nitrogen and oxygen atoms in total. The van der Waals surface area contributed by atoms with Crippen LogP contribution in [0.4, 0.5) is 0 Å². The van der Waals surface area contributed by atoms with Crippen molar-refractivity contribution >= 4 is 0 Å². The normalized spacial score (nSPS) is 24.6. The minimum absolute atomic E-state index is 0.554. The van der Waals surface area contributed by atoms with Crippen molar-refractivity contribution in [3.63, 3.8) is 0 Å². The molecule has 1 heterocycles. The van der Waals surface area contributed by atoms with E-state index in [1.165, 1.54) is 63.4 Å². The SMILES string of the molecule is CNC(CC1CCCCCC1)C1=COCCC1. The van der Waals surface area contributed by atoms with E-state index < -0.39 is 0 Å². The summed E-state index contributed by atoms with van der Waals surface area (Å²) in [5.41, 5.74) is 1.49. The summed E-state index contributed by atoms with van der Waals surface area (Å²) in [7, 11) is 2.09. The maximum atomic E-state index is 5.48. The van der Waals surface area contributed by atoms with Gasteiger partial charge in [-0.2, -0.15) is 0 Å². The maximum Gasteiger partial charge on any atom is 0.0876 e. The quantitative estimate of drug-likeness (QED) is 0.754. The molecule has 1 fully saturated rings. The van der Waals surface area contributed by atoms with E-state index in [0.29, 0.717) is 6.04 Å². The Morgan fingerprint density at radius 1 is 1.24 bits per heavy atom. The van der Waals surface area contributed by atoms with Crippen LogP contribution in [0.15, 0.2) is 11.8 Å². The molecule has 0 aromatic carbocycles. The van der Waals surface area contributed by atoms with Crippen LogP contribution in [-0.2, 0) is 4.74 Å². The van der Waals surface area contributed by atoms with Crippen LogP contribution >= 0.6 is 0 Å². The van der Waals surface area contributed by atoms with Gasteiger partial charge in [0.1, 0.15) is 0 Å². The zero-order valence-corrected chi connectivity index (χ0v) is 11.2. The van der Waals surface area contributed by atoms with Gasteiger partial charge in [0.25, 0.3) is 0 Å². The molecular weight excluding hydrogens is 210 g/mol. The van der Waals surface area contributed by atoms with Crippen molar-refractivity contribution in [3.8, 4) is 0 Å². The molecule has 1 aliphatic carbocycles. The third-order valence-electron chi connectivity index (χ3n) is 4.30. The molecule has 1 saturated carbocycles. The van der Waals surface area contributed by atoms with Gasteiger partial charge in [0, 0.05) is 6.04 Å². The summed E-state index contributed by atoms with van der Waals surface area (Å²) >= 11 is 0. The summed E-state index contributed by atoms with van der Waals surface area (Å²) in [5.74, 6) is 0.928. The van der Waals surface area contributed by atoms with Gasteiger partial charge in [0.15, 0.2) is 0 Å². The number of likely N-dealkylation sites (N-methyl/N-ethyl adjacent to an activating group) is 1. The summed E-state index contributed by atoms with van der Waals surface area (Å²) in [5, 5.41) is 3.49. The van der Waals surface area contributed by atoms with Gasteiger partial charge in [-0.3, -0.25) is 0 Å². The lowest BCUT2D eigenvalue weighted by Gasteiger charge is -2.26. The van der Waals surface area contributed by atoms with E-state index in [1.807, 2.05) is 6.26 Å². The van der Waals surface area contributed by atoms with E-state index in [-0.39, 0.29) is 0 Å². The first-order valence-electron chi connectivity index (χ1n) is 7.38. The molecule has 1 unspecified atom stereocenters. The van der Waals surface area contributed by atoms with E-state index >= 15 is 0 Å². The first-order valence-corrected chi connectivity index (χ1v) is 7.38. The molecule has 1 atom stereocenters. The zero-order valence-electron chi connectivity index (χ0n) is 11.2. The Morgan fingerprint density at radius 3 is 2.59 bits per heavy atom. The molecule has 0 radical (unpaired) electrons.